The van der Waals surface area contributed by atoms with Crippen LogP contribution in [0.15, 0.2) is 23.1 Å². The van der Waals surface area contributed by atoms with Gasteiger partial charge in [0.2, 0.25) is 10.0 Å². The minimum Gasteiger partial charge on any atom is -0.313 e. The van der Waals surface area contributed by atoms with Gasteiger partial charge in [-0.25, -0.2) is 8.42 Å². The lowest BCUT2D eigenvalue weighted by molar-refractivity contribution is 0.333. The predicted octanol–water partition coefficient (Wildman–Crippen LogP) is 1.75. The number of benzene rings is 1. The monoisotopic (exact) mass is 326 g/mol. The molecule has 0 atom stereocenters. The summed E-state index contributed by atoms with van der Waals surface area (Å²) in [7, 11) is -3.57. The Kier molecular flexibility index (Phi) is 3.51. The van der Waals surface area contributed by atoms with Gasteiger partial charge in [-0.3, -0.25) is 0 Å². The molecule has 1 aromatic heterocycles. The van der Waals surface area contributed by atoms with Gasteiger partial charge < -0.3 is 4.57 Å². The average molecular weight is 327 g/mol. The average Bonchev–Trinajstić information content (AvgIpc) is 2.83. The number of halogens is 1. The van der Waals surface area contributed by atoms with Gasteiger partial charge in [-0.05, 0) is 31.5 Å². The van der Waals surface area contributed by atoms with Gasteiger partial charge in [0.25, 0.3) is 0 Å². The van der Waals surface area contributed by atoms with Gasteiger partial charge in [0.1, 0.15) is 11.6 Å². The second kappa shape index (κ2) is 5.08. The van der Waals surface area contributed by atoms with E-state index < -0.39 is 10.0 Å². The largest absolute Gasteiger partial charge is 0.313 e. The zero-order valence-electron chi connectivity index (χ0n) is 11.7. The molecule has 0 N–H and O–H groups in total. The van der Waals surface area contributed by atoms with E-state index in [4.69, 9.17) is 11.6 Å². The van der Waals surface area contributed by atoms with Crippen LogP contribution in [0.5, 0.6) is 0 Å². The molecule has 0 spiro atoms. The van der Waals surface area contributed by atoms with E-state index in [1.54, 1.807) is 12.1 Å². The Hall–Kier alpha value is -1.44. The van der Waals surface area contributed by atoms with E-state index in [0.717, 1.165) is 11.4 Å². The molecule has 3 rings (SSSR count). The number of aromatic nitrogens is 3. The minimum absolute atomic E-state index is 0.211. The van der Waals surface area contributed by atoms with Crippen molar-refractivity contribution in [1.82, 2.24) is 19.1 Å². The highest BCUT2D eigenvalue weighted by molar-refractivity contribution is 7.89. The number of hydrogen-bond donors (Lipinski definition) is 0. The van der Waals surface area contributed by atoms with E-state index in [-0.39, 0.29) is 11.4 Å². The Morgan fingerprint density at radius 2 is 1.95 bits per heavy atom. The fourth-order valence-corrected chi connectivity index (χ4v) is 4.03. The van der Waals surface area contributed by atoms with E-state index in [1.165, 1.54) is 10.4 Å². The van der Waals surface area contributed by atoms with E-state index in [0.29, 0.717) is 23.9 Å². The molecule has 8 heteroatoms. The molecule has 0 fully saturated rings. The molecule has 0 amide bonds. The fraction of sp³-hybridized carbons (Fsp3) is 0.385. The lowest BCUT2D eigenvalue weighted by atomic mass is 10.2. The summed E-state index contributed by atoms with van der Waals surface area (Å²) in [6, 6.07) is 4.80. The van der Waals surface area contributed by atoms with Crippen LogP contribution in [0.4, 0.5) is 0 Å². The van der Waals surface area contributed by atoms with Gasteiger partial charge in [-0.2, -0.15) is 4.31 Å². The Morgan fingerprint density at radius 1 is 1.19 bits per heavy atom. The molecule has 2 heterocycles. The van der Waals surface area contributed by atoms with Gasteiger partial charge in [-0.1, -0.05) is 17.7 Å². The highest BCUT2D eigenvalue weighted by atomic mass is 35.5. The summed E-state index contributed by atoms with van der Waals surface area (Å²) in [5.74, 6) is 1.47. The summed E-state index contributed by atoms with van der Waals surface area (Å²) >= 11 is 6.03. The first kappa shape index (κ1) is 14.5. The van der Waals surface area contributed by atoms with E-state index >= 15 is 0 Å². The van der Waals surface area contributed by atoms with Crippen LogP contribution in [0.2, 0.25) is 5.02 Å². The van der Waals surface area contributed by atoms with Gasteiger partial charge in [-0.15, -0.1) is 10.2 Å². The molecule has 0 radical (unpaired) electrons. The topological polar surface area (TPSA) is 68.1 Å². The van der Waals surface area contributed by atoms with Crippen molar-refractivity contribution in [3.8, 4) is 0 Å². The smallest absolute Gasteiger partial charge is 0.243 e. The van der Waals surface area contributed by atoms with Gasteiger partial charge in [0.15, 0.2) is 0 Å². The van der Waals surface area contributed by atoms with E-state index in [2.05, 4.69) is 10.2 Å². The second-order valence-electron chi connectivity index (χ2n) is 5.06. The fourth-order valence-electron chi connectivity index (χ4n) is 2.37. The maximum atomic E-state index is 12.7. The third kappa shape index (κ3) is 2.45. The van der Waals surface area contributed by atoms with Crippen molar-refractivity contribution in [1.29, 1.82) is 0 Å². The number of nitrogens with zero attached hydrogens (tertiary/aromatic N) is 4. The Labute approximate surface area is 128 Å². The first-order valence-corrected chi connectivity index (χ1v) is 8.36. The molecule has 112 valence electrons. The van der Waals surface area contributed by atoms with Crippen LogP contribution in [0, 0.1) is 13.8 Å². The zero-order chi connectivity index (χ0) is 15.2. The minimum atomic E-state index is -3.57. The highest BCUT2D eigenvalue weighted by Gasteiger charge is 2.30. The summed E-state index contributed by atoms with van der Waals surface area (Å²) in [6.45, 7) is 4.90. The maximum absolute atomic E-state index is 12.7. The molecule has 0 aliphatic carbocycles. The van der Waals surface area contributed by atoms with Crippen LogP contribution < -0.4 is 0 Å². The molecule has 2 aromatic rings. The quantitative estimate of drug-likeness (QED) is 0.843. The number of rotatable bonds is 2. The summed E-state index contributed by atoms with van der Waals surface area (Å²) < 4.78 is 28.7. The van der Waals surface area contributed by atoms with Crippen molar-refractivity contribution >= 4 is 21.6 Å². The summed E-state index contributed by atoms with van der Waals surface area (Å²) in [6.07, 6.45) is 0. The van der Waals surface area contributed by atoms with Gasteiger partial charge in [0.05, 0.1) is 11.4 Å². The molecule has 0 saturated carbocycles. The van der Waals surface area contributed by atoms with Crippen molar-refractivity contribution in [2.75, 3.05) is 6.54 Å². The summed E-state index contributed by atoms with van der Waals surface area (Å²) in [5.41, 5.74) is 0.852. The van der Waals surface area contributed by atoms with Crippen LogP contribution in [0.1, 0.15) is 17.2 Å². The Balaban J connectivity index is 1.94. The summed E-state index contributed by atoms with van der Waals surface area (Å²) in [5, 5.41) is 8.46. The third-order valence-corrected chi connectivity index (χ3v) is 5.93. The standard InChI is InChI=1S/C13H15ClN4O2S/c1-9-3-4-11(7-12(9)14)21(19,20)17-5-6-18-10(2)15-16-13(18)8-17/h3-4,7H,5-6,8H2,1-2H3. The highest BCUT2D eigenvalue weighted by Crippen LogP contribution is 2.25. The molecule has 1 aromatic carbocycles. The van der Waals surface area contributed by atoms with Crippen LogP contribution in [0.3, 0.4) is 0 Å². The molecule has 0 saturated heterocycles. The van der Waals surface area contributed by atoms with Crippen molar-refractivity contribution in [3.05, 3.63) is 40.4 Å². The Morgan fingerprint density at radius 3 is 2.67 bits per heavy atom. The van der Waals surface area contributed by atoms with Crippen LogP contribution in [-0.4, -0.2) is 34.0 Å². The zero-order valence-corrected chi connectivity index (χ0v) is 13.3. The lowest BCUT2D eigenvalue weighted by Crippen LogP contribution is -2.38. The molecule has 6 nitrogen and oxygen atoms in total. The number of aryl methyl sites for hydroxylation is 2. The second-order valence-corrected chi connectivity index (χ2v) is 7.41. The van der Waals surface area contributed by atoms with Crippen LogP contribution in [-0.2, 0) is 23.1 Å². The Bertz CT molecular complexity index is 800. The normalized spacial score (nSPS) is 16.0. The summed E-state index contributed by atoms with van der Waals surface area (Å²) in [4.78, 5) is 0.211. The number of sulfonamides is 1. The molecule has 1 aliphatic rings. The first-order valence-electron chi connectivity index (χ1n) is 6.54. The van der Waals surface area contributed by atoms with Crippen molar-refractivity contribution in [2.45, 2.75) is 31.8 Å². The SMILES string of the molecule is Cc1ccc(S(=O)(=O)N2CCn3c(C)nnc3C2)cc1Cl. The molecular weight excluding hydrogens is 312 g/mol. The molecule has 0 unspecified atom stereocenters. The van der Waals surface area contributed by atoms with Gasteiger partial charge >= 0.3 is 0 Å². The number of fused-ring (bicyclic) bond motifs is 1. The third-order valence-electron chi connectivity index (χ3n) is 3.68. The first-order chi connectivity index (χ1) is 9.89. The van der Waals surface area contributed by atoms with E-state index in [1.807, 2.05) is 18.4 Å². The van der Waals surface area contributed by atoms with Crippen LogP contribution in [0.25, 0.3) is 0 Å². The molecule has 1 aliphatic heterocycles. The van der Waals surface area contributed by atoms with Crippen molar-refractivity contribution in [3.63, 3.8) is 0 Å². The molecule has 21 heavy (non-hydrogen) atoms. The molecule has 0 bridgehead atoms. The lowest BCUT2D eigenvalue weighted by Gasteiger charge is -2.27. The van der Waals surface area contributed by atoms with E-state index in [9.17, 15) is 8.42 Å². The number of hydrogen-bond acceptors (Lipinski definition) is 4. The van der Waals surface area contributed by atoms with Gasteiger partial charge in [0, 0.05) is 18.1 Å². The molecular formula is C13H15ClN4O2S. The van der Waals surface area contributed by atoms with Crippen molar-refractivity contribution < 1.29 is 8.42 Å². The maximum Gasteiger partial charge on any atom is 0.243 e. The van der Waals surface area contributed by atoms with Crippen molar-refractivity contribution in [2.24, 2.45) is 0 Å². The van der Waals surface area contributed by atoms with Crippen LogP contribution >= 0.6 is 11.6 Å². The predicted molar refractivity (Wildman–Crippen MR) is 78.5 cm³/mol.